The molecule has 3 N–H and O–H groups in total. The first-order valence-corrected chi connectivity index (χ1v) is 8.35. The van der Waals surface area contributed by atoms with Crippen LogP contribution in [0, 0.1) is 0 Å². The molecule has 0 aliphatic heterocycles. The molecular weight excluding hydrogens is 326 g/mol. The zero-order valence-electron chi connectivity index (χ0n) is 13.2. The Labute approximate surface area is 146 Å². The second-order valence-corrected chi connectivity index (χ2v) is 6.64. The van der Waals surface area contributed by atoms with Crippen LogP contribution in [0.1, 0.15) is 30.1 Å². The van der Waals surface area contributed by atoms with Crippen molar-refractivity contribution in [2.45, 2.75) is 30.4 Å². The third-order valence-electron chi connectivity index (χ3n) is 4.62. The van der Waals surface area contributed by atoms with Crippen molar-refractivity contribution in [3.8, 4) is 0 Å². The summed E-state index contributed by atoms with van der Waals surface area (Å²) in [5.41, 5.74) is 0.998. The fourth-order valence-corrected chi connectivity index (χ4v) is 3.08. The maximum atomic E-state index is 12.8. The van der Waals surface area contributed by atoms with Crippen LogP contribution in [0.15, 0.2) is 54.6 Å². The number of rotatable bonds is 6. The molecule has 0 aromatic heterocycles. The maximum absolute atomic E-state index is 12.8. The molecule has 2 atom stereocenters. The van der Waals surface area contributed by atoms with Gasteiger partial charge in [-0.25, -0.2) is 0 Å². The van der Waals surface area contributed by atoms with Crippen LogP contribution < -0.4 is 5.32 Å². The molecule has 0 saturated heterocycles. The standard InChI is InChI=1S/C19H20ClNO3/c20-15-8-6-14(7-9-15)19(10-11-19)18(24)21-16(12-22)17(23)13-4-2-1-3-5-13/h1-9,16-17,22-23H,10-12H2,(H,21,24)/t16-,17-/m0/s1. The van der Waals surface area contributed by atoms with Crippen LogP contribution in [0.2, 0.25) is 5.02 Å². The summed E-state index contributed by atoms with van der Waals surface area (Å²) < 4.78 is 0. The average Bonchev–Trinajstić information content (AvgIpc) is 3.42. The Bertz CT molecular complexity index is 698. The molecule has 0 unspecified atom stereocenters. The van der Waals surface area contributed by atoms with E-state index < -0.39 is 17.6 Å². The molecule has 126 valence electrons. The van der Waals surface area contributed by atoms with Gasteiger partial charge in [-0.3, -0.25) is 4.79 Å². The highest BCUT2D eigenvalue weighted by Crippen LogP contribution is 2.48. The first kappa shape index (κ1) is 17.0. The lowest BCUT2D eigenvalue weighted by Gasteiger charge is -2.25. The van der Waals surface area contributed by atoms with Gasteiger partial charge < -0.3 is 15.5 Å². The lowest BCUT2D eigenvalue weighted by molar-refractivity contribution is -0.125. The Kier molecular flexibility index (Phi) is 4.90. The number of hydrogen-bond acceptors (Lipinski definition) is 3. The van der Waals surface area contributed by atoms with Crippen molar-refractivity contribution >= 4 is 17.5 Å². The number of amides is 1. The molecular formula is C19H20ClNO3. The van der Waals surface area contributed by atoms with Crippen LogP contribution in [0.25, 0.3) is 0 Å². The third kappa shape index (κ3) is 3.31. The minimum Gasteiger partial charge on any atom is -0.394 e. The molecule has 1 saturated carbocycles. The molecule has 1 aliphatic carbocycles. The molecule has 2 aromatic rings. The quantitative estimate of drug-likeness (QED) is 0.753. The van der Waals surface area contributed by atoms with E-state index in [1.54, 1.807) is 24.3 Å². The highest BCUT2D eigenvalue weighted by molar-refractivity contribution is 6.30. The Morgan fingerprint density at radius 3 is 2.29 bits per heavy atom. The van der Waals surface area contributed by atoms with E-state index in [4.69, 9.17) is 11.6 Å². The van der Waals surface area contributed by atoms with Crippen LogP contribution in [-0.4, -0.2) is 28.8 Å². The van der Waals surface area contributed by atoms with Gasteiger partial charge in [0.15, 0.2) is 0 Å². The van der Waals surface area contributed by atoms with Crippen LogP contribution >= 0.6 is 11.6 Å². The van der Waals surface area contributed by atoms with Crippen molar-refractivity contribution < 1.29 is 15.0 Å². The maximum Gasteiger partial charge on any atom is 0.231 e. The number of hydrogen-bond donors (Lipinski definition) is 3. The normalized spacial score (nSPS) is 17.8. The molecule has 0 bridgehead atoms. The smallest absolute Gasteiger partial charge is 0.231 e. The highest BCUT2D eigenvalue weighted by Gasteiger charge is 2.51. The Morgan fingerprint density at radius 1 is 1.12 bits per heavy atom. The van der Waals surface area contributed by atoms with Gasteiger partial charge in [-0.2, -0.15) is 0 Å². The summed E-state index contributed by atoms with van der Waals surface area (Å²) in [7, 11) is 0. The van der Waals surface area contributed by atoms with E-state index in [0.717, 1.165) is 18.4 Å². The van der Waals surface area contributed by atoms with Gasteiger partial charge in [0.25, 0.3) is 0 Å². The van der Waals surface area contributed by atoms with Gasteiger partial charge >= 0.3 is 0 Å². The van der Waals surface area contributed by atoms with Crippen LogP contribution in [0.4, 0.5) is 0 Å². The van der Waals surface area contributed by atoms with Gasteiger partial charge in [-0.15, -0.1) is 0 Å². The molecule has 1 amide bonds. The summed E-state index contributed by atoms with van der Waals surface area (Å²) in [5, 5.41) is 23.5. The molecule has 3 rings (SSSR count). The third-order valence-corrected chi connectivity index (χ3v) is 4.87. The number of carbonyl (C=O) groups excluding carboxylic acids is 1. The topological polar surface area (TPSA) is 69.6 Å². The van der Waals surface area contributed by atoms with Crippen molar-refractivity contribution in [1.29, 1.82) is 0 Å². The predicted octanol–water partition coefficient (Wildman–Crippen LogP) is 2.58. The van der Waals surface area contributed by atoms with Crippen molar-refractivity contribution in [1.82, 2.24) is 5.32 Å². The average molecular weight is 346 g/mol. The minimum absolute atomic E-state index is 0.168. The van der Waals surface area contributed by atoms with Gasteiger partial charge in [0.05, 0.1) is 18.1 Å². The summed E-state index contributed by atoms with van der Waals surface area (Å²) >= 11 is 5.91. The first-order chi connectivity index (χ1) is 11.6. The monoisotopic (exact) mass is 345 g/mol. The zero-order chi connectivity index (χ0) is 17.2. The minimum atomic E-state index is -0.957. The van der Waals surface area contributed by atoms with Crippen molar-refractivity contribution in [2.75, 3.05) is 6.61 Å². The van der Waals surface area contributed by atoms with Gasteiger partial charge in [-0.1, -0.05) is 54.1 Å². The molecule has 24 heavy (non-hydrogen) atoms. The van der Waals surface area contributed by atoms with Gasteiger partial charge in [0.2, 0.25) is 5.91 Å². The van der Waals surface area contributed by atoms with E-state index in [2.05, 4.69) is 5.32 Å². The molecule has 0 heterocycles. The second-order valence-electron chi connectivity index (χ2n) is 6.21. The number of carbonyl (C=O) groups is 1. The van der Waals surface area contributed by atoms with Crippen LogP contribution in [0.5, 0.6) is 0 Å². The lowest BCUT2D eigenvalue weighted by atomic mass is 9.94. The van der Waals surface area contributed by atoms with E-state index in [1.807, 2.05) is 30.3 Å². The fourth-order valence-electron chi connectivity index (χ4n) is 2.95. The number of aliphatic hydroxyl groups is 2. The van der Waals surface area contributed by atoms with Crippen molar-refractivity contribution in [2.24, 2.45) is 0 Å². The van der Waals surface area contributed by atoms with Crippen LogP contribution in [-0.2, 0) is 10.2 Å². The number of benzene rings is 2. The molecule has 1 fully saturated rings. The molecule has 2 aromatic carbocycles. The van der Waals surface area contributed by atoms with Gasteiger partial charge in [-0.05, 0) is 36.1 Å². The number of aliphatic hydroxyl groups excluding tert-OH is 2. The zero-order valence-corrected chi connectivity index (χ0v) is 13.9. The first-order valence-electron chi connectivity index (χ1n) is 7.98. The van der Waals surface area contributed by atoms with E-state index in [0.29, 0.717) is 10.6 Å². The van der Waals surface area contributed by atoms with E-state index in [1.165, 1.54) is 0 Å². The Morgan fingerprint density at radius 2 is 1.75 bits per heavy atom. The summed E-state index contributed by atoms with van der Waals surface area (Å²) in [5.74, 6) is -0.168. The van der Waals surface area contributed by atoms with E-state index in [9.17, 15) is 15.0 Å². The van der Waals surface area contributed by atoms with Crippen molar-refractivity contribution in [3.05, 3.63) is 70.7 Å². The van der Waals surface area contributed by atoms with Crippen LogP contribution in [0.3, 0.4) is 0 Å². The van der Waals surface area contributed by atoms with Gasteiger partial charge in [0, 0.05) is 5.02 Å². The SMILES string of the molecule is O=C(N[C@@H](CO)[C@@H](O)c1ccccc1)C1(c2ccc(Cl)cc2)CC1. The summed E-state index contributed by atoms with van der Waals surface area (Å²) in [4.78, 5) is 12.8. The second kappa shape index (κ2) is 6.93. The summed E-state index contributed by atoms with van der Waals surface area (Å²) in [6.45, 7) is -0.335. The molecule has 5 heteroatoms. The van der Waals surface area contributed by atoms with Crippen molar-refractivity contribution in [3.63, 3.8) is 0 Å². The molecule has 4 nitrogen and oxygen atoms in total. The van der Waals surface area contributed by atoms with Gasteiger partial charge in [0.1, 0.15) is 6.10 Å². The van der Waals surface area contributed by atoms with E-state index in [-0.39, 0.29) is 12.5 Å². The Hall–Kier alpha value is -1.88. The number of halogens is 1. The molecule has 0 radical (unpaired) electrons. The van der Waals surface area contributed by atoms with E-state index >= 15 is 0 Å². The molecule has 1 aliphatic rings. The predicted molar refractivity (Wildman–Crippen MR) is 92.8 cm³/mol. The fraction of sp³-hybridized carbons (Fsp3) is 0.316. The largest absolute Gasteiger partial charge is 0.394 e. The summed E-state index contributed by atoms with van der Waals surface area (Å²) in [6, 6.07) is 15.5. The summed E-state index contributed by atoms with van der Waals surface area (Å²) in [6.07, 6.45) is 0.543. The number of nitrogens with one attached hydrogen (secondary N) is 1. The molecule has 0 spiro atoms. The highest BCUT2D eigenvalue weighted by atomic mass is 35.5. The Balaban J connectivity index is 1.74. The lowest BCUT2D eigenvalue weighted by Crippen LogP contribution is -2.46.